The third-order valence-corrected chi connectivity index (χ3v) is 2.39. The average molecular weight is 255 g/mol. The van der Waals surface area contributed by atoms with Crippen LogP contribution in [0.4, 0.5) is 0 Å². The summed E-state index contributed by atoms with van der Waals surface area (Å²) in [7, 11) is 0. The molecule has 74 valence electrons. The summed E-state index contributed by atoms with van der Waals surface area (Å²) in [4.78, 5) is 4.16. The van der Waals surface area contributed by atoms with Gasteiger partial charge in [0.1, 0.15) is 17.4 Å². The van der Waals surface area contributed by atoms with Crippen molar-refractivity contribution < 1.29 is 4.74 Å². The van der Waals surface area contributed by atoms with Crippen molar-refractivity contribution in [3.63, 3.8) is 0 Å². The van der Waals surface area contributed by atoms with Crippen molar-refractivity contribution >= 4 is 15.9 Å². The first-order valence-corrected chi connectivity index (χ1v) is 5.48. The third kappa shape index (κ3) is 2.46. The highest BCUT2D eigenvalue weighted by Crippen LogP contribution is 2.25. The molecule has 1 aromatic rings. The first-order chi connectivity index (χ1) is 6.83. The highest BCUT2D eigenvalue weighted by atomic mass is 79.9. The van der Waals surface area contributed by atoms with E-state index in [1.54, 1.807) is 12.3 Å². The maximum absolute atomic E-state index is 8.90. The van der Waals surface area contributed by atoms with Gasteiger partial charge in [0.15, 0.2) is 0 Å². The number of hydrogen-bond donors (Lipinski definition) is 0. The van der Waals surface area contributed by atoms with Gasteiger partial charge in [0.25, 0.3) is 0 Å². The van der Waals surface area contributed by atoms with Gasteiger partial charge in [-0.15, -0.1) is 0 Å². The standard InChI is InChI=1S/C10H11BrN2O/c1-2-14-9-4-3-5-13-10(9)8(6-11)7-12/h3-5,8H,2,6H2,1H3. The Kier molecular flexibility index (Phi) is 4.41. The van der Waals surface area contributed by atoms with Crippen LogP contribution in [-0.2, 0) is 0 Å². The van der Waals surface area contributed by atoms with Crippen molar-refractivity contribution in [2.75, 3.05) is 11.9 Å². The number of ether oxygens (including phenoxy) is 1. The Morgan fingerprint density at radius 1 is 1.71 bits per heavy atom. The molecule has 0 bridgehead atoms. The quantitative estimate of drug-likeness (QED) is 0.776. The Hall–Kier alpha value is -1.08. The fraction of sp³-hybridized carbons (Fsp3) is 0.400. The van der Waals surface area contributed by atoms with Crippen LogP contribution in [0, 0.1) is 11.3 Å². The number of aromatic nitrogens is 1. The number of rotatable bonds is 4. The van der Waals surface area contributed by atoms with E-state index in [-0.39, 0.29) is 5.92 Å². The van der Waals surface area contributed by atoms with E-state index in [0.717, 1.165) is 0 Å². The third-order valence-electron chi connectivity index (χ3n) is 1.74. The van der Waals surface area contributed by atoms with Gasteiger partial charge in [-0.3, -0.25) is 4.98 Å². The van der Waals surface area contributed by atoms with Gasteiger partial charge in [0.2, 0.25) is 0 Å². The van der Waals surface area contributed by atoms with Crippen LogP contribution in [0.2, 0.25) is 0 Å². The number of hydrogen-bond acceptors (Lipinski definition) is 3. The molecule has 0 N–H and O–H groups in total. The Morgan fingerprint density at radius 3 is 3.07 bits per heavy atom. The lowest BCUT2D eigenvalue weighted by molar-refractivity contribution is 0.334. The predicted molar refractivity (Wildman–Crippen MR) is 57.6 cm³/mol. The largest absolute Gasteiger partial charge is 0.492 e. The van der Waals surface area contributed by atoms with Crippen LogP contribution in [0.1, 0.15) is 18.5 Å². The summed E-state index contributed by atoms with van der Waals surface area (Å²) in [6.45, 7) is 2.49. The highest BCUT2D eigenvalue weighted by Gasteiger charge is 2.15. The lowest BCUT2D eigenvalue weighted by Crippen LogP contribution is -2.04. The van der Waals surface area contributed by atoms with E-state index >= 15 is 0 Å². The minimum atomic E-state index is -0.252. The summed E-state index contributed by atoms with van der Waals surface area (Å²) in [5.74, 6) is 0.443. The first kappa shape index (κ1) is 11.0. The maximum Gasteiger partial charge on any atom is 0.142 e. The topological polar surface area (TPSA) is 45.9 Å². The van der Waals surface area contributed by atoms with Gasteiger partial charge in [-0.05, 0) is 19.1 Å². The molecule has 1 unspecified atom stereocenters. The van der Waals surface area contributed by atoms with Gasteiger partial charge in [-0.2, -0.15) is 5.26 Å². The smallest absolute Gasteiger partial charge is 0.142 e. The Labute approximate surface area is 91.8 Å². The molecular formula is C10H11BrN2O. The SMILES string of the molecule is CCOc1cccnc1C(C#N)CBr. The average Bonchev–Trinajstić information content (AvgIpc) is 2.23. The Bertz CT molecular complexity index is 335. The van der Waals surface area contributed by atoms with Crippen LogP contribution in [0.5, 0.6) is 5.75 Å². The molecule has 0 spiro atoms. The molecule has 0 saturated carbocycles. The first-order valence-electron chi connectivity index (χ1n) is 4.36. The molecule has 0 aliphatic rings. The molecule has 3 nitrogen and oxygen atoms in total. The van der Waals surface area contributed by atoms with Gasteiger partial charge in [-0.25, -0.2) is 0 Å². The summed E-state index contributed by atoms with van der Waals surface area (Å²) < 4.78 is 5.39. The van der Waals surface area contributed by atoms with Crippen LogP contribution in [0.25, 0.3) is 0 Å². The van der Waals surface area contributed by atoms with E-state index in [4.69, 9.17) is 10.00 Å². The van der Waals surface area contributed by atoms with Crippen molar-refractivity contribution in [2.45, 2.75) is 12.8 Å². The zero-order valence-electron chi connectivity index (χ0n) is 7.90. The van der Waals surface area contributed by atoms with Crippen molar-refractivity contribution in [3.8, 4) is 11.8 Å². The van der Waals surface area contributed by atoms with E-state index in [1.807, 2.05) is 13.0 Å². The van der Waals surface area contributed by atoms with Crippen LogP contribution >= 0.6 is 15.9 Å². The summed E-state index contributed by atoms with van der Waals surface area (Å²) in [6, 6.07) is 5.81. The molecular weight excluding hydrogens is 244 g/mol. The number of nitrogens with zero attached hydrogens (tertiary/aromatic N) is 2. The van der Waals surface area contributed by atoms with Crippen LogP contribution in [0.15, 0.2) is 18.3 Å². The second-order valence-electron chi connectivity index (χ2n) is 2.66. The molecule has 0 fully saturated rings. The minimum Gasteiger partial charge on any atom is -0.492 e. The molecule has 1 heterocycles. The molecule has 0 amide bonds. The predicted octanol–water partition coefficient (Wildman–Crippen LogP) is 2.48. The zero-order chi connectivity index (χ0) is 10.4. The van der Waals surface area contributed by atoms with Gasteiger partial charge < -0.3 is 4.74 Å². The second-order valence-corrected chi connectivity index (χ2v) is 3.30. The van der Waals surface area contributed by atoms with Gasteiger partial charge >= 0.3 is 0 Å². The molecule has 1 rings (SSSR count). The monoisotopic (exact) mass is 254 g/mol. The van der Waals surface area contributed by atoms with Crippen LogP contribution < -0.4 is 4.74 Å². The van der Waals surface area contributed by atoms with Crippen molar-refractivity contribution in [1.82, 2.24) is 4.98 Å². The molecule has 14 heavy (non-hydrogen) atoms. The number of nitriles is 1. The maximum atomic E-state index is 8.90. The molecule has 0 saturated heterocycles. The molecule has 4 heteroatoms. The van der Waals surface area contributed by atoms with Gasteiger partial charge in [0, 0.05) is 11.5 Å². The second kappa shape index (κ2) is 5.61. The lowest BCUT2D eigenvalue weighted by atomic mass is 10.1. The van der Waals surface area contributed by atoms with Gasteiger partial charge in [0.05, 0.1) is 12.7 Å². The van der Waals surface area contributed by atoms with Crippen LogP contribution in [0.3, 0.4) is 0 Å². The van der Waals surface area contributed by atoms with Crippen molar-refractivity contribution in [1.29, 1.82) is 5.26 Å². The summed E-state index contributed by atoms with van der Waals surface area (Å²) in [6.07, 6.45) is 1.67. The normalized spacial score (nSPS) is 11.8. The minimum absolute atomic E-state index is 0.252. The summed E-state index contributed by atoms with van der Waals surface area (Å²) in [5.41, 5.74) is 0.703. The highest BCUT2D eigenvalue weighted by molar-refractivity contribution is 9.09. The molecule has 0 aliphatic heterocycles. The molecule has 0 aromatic carbocycles. The molecule has 0 aliphatic carbocycles. The van der Waals surface area contributed by atoms with E-state index in [0.29, 0.717) is 23.4 Å². The molecule has 1 atom stereocenters. The fourth-order valence-electron chi connectivity index (χ4n) is 1.11. The molecule has 0 radical (unpaired) electrons. The van der Waals surface area contributed by atoms with Crippen molar-refractivity contribution in [3.05, 3.63) is 24.0 Å². The Morgan fingerprint density at radius 2 is 2.50 bits per heavy atom. The van der Waals surface area contributed by atoms with Crippen molar-refractivity contribution in [2.24, 2.45) is 0 Å². The molecule has 1 aromatic heterocycles. The summed E-state index contributed by atoms with van der Waals surface area (Å²) >= 11 is 3.28. The van der Waals surface area contributed by atoms with Gasteiger partial charge in [-0.1, -0.05) is 15.9 Å². The number of halogens is 1. The number of alkyl halides is 1. The Balaban J connectivity index is 3.00. The van der Waals surface area contributed by atoms with E-state index in [2.05, 4.69) is 27.0 Å². The zero-order valence-corrected chi connectivity index (χ0v) is 9.49. The summed E-state index contributed by atoms with van der Waals surface area (Å²) in [5, 5.41) is 9.47. The van der Waals surface area contributed by atoms with E-state index in [9.17, 15) is 0 Å². The fourth-order valence-corrected chi connectivity index (χ4v) is 1.56. The lowest BCUT2D eigenvalue weighted by Gasteiger charge is -2.10. The van der Waals surface area contributed by atoms with Crippen LogP contribution in [-0.4, -0.2) is 16.9 Å². The van der Waals surface area contributed by atoms with E-state index < -0.39 is 0 Å². The van der Waals surface area contributed by atoms with E-state index in [1.165, 1.54) is 0 Å². The number of pyridine rings is 1.